The maximum absolute atomic E-state index is 6.06. The van der Waals surface area contributed by atoms with Crippen molar-refractivity contribution in [3.8, 4) is 5.88 Å². The van der Waals surface area contributed by atoms with Crippen LogP contribution in [0.3, 0.4) is 0 Å². The first-order valence-corrected chi connectivity index (χ1v) is 8.01. The highest BCUT2D eigenvalue weighted by atomic mass is 35.5. The summed E-state index contributed by atoms with van der Waals surface area (Å²) in [6.07, 6.45) is 6.05. The Hall–Kier alpha value is -1.36. The Kier molecular flexibility index (Phi) is 5.13. The molecule has 1 saturated heterocycles. The molecule has 0 aliphatic carbocycles. The minimum Gasteiger partial charge on any atom is -0.476 e. The van der Waals surface area contributed by atoms with E-state index in [2.05, 4.69) is 14.9 Å². The monoisotopic (exact) mass is 337 g/mol. The fourth-order valence-corrected chi connectivity index (χ4v) is 2.97. The van der Waals surface area contributed by atoms with Crippen LogP contribution in [0.2, 0.25) is 10.0 Å². The number of likely N-dealkylation sites (tertiary alicyclic amines) is 1. The zero-order valence-corrected chi connectivity index (χ0v) is 13.6. The van der Waals surface area contributed by atoms with Crippen LogP contribution in [0.25, 0.3) is 0 Å². The van der Waals surface area contributed by atoms with Crippen molar-refractivity contribution in [1.29, 1.82) is 0 Å². The number of hydrogen-bond acceptors (Lipinski definition) is 4. The summed E-state index contributed by atoms with van der Waals surface area (Å²) in [6.45, 7) is 3.64. The van der Waals surface area contributed by atoms with Crippen LogP contribution in [0.4, 0.5) is 0 Å². The second-order valence-electron chi connectivity index (χ2n) is 5.49. The van der Waals surface area contributed by atoms with Gasteiger partial charge in [-0.15, -0.1) is 0 Å². The van der Waals surface area contributed by atoms with Crippen molar-refractivity contribution in [1.82, 2.24) is 14.9 Å². The molecule has 1 aromatic carbocycles. The molecule has 4 nitrogen and oxygen atoms in total. The van der Waals surface area contributed by atoms with Crippen LogP contribution < -0.4 is 4.74 Å². The van der Waals surface area contributed by atoms with Crippen molar-refractivity contribution < 1.29 is 4.74 Å². The van der Waals surface area contributed by atoms with Crippen molar-refractivity contribution in [2.75, 3.05) is 19.7 Å². The molecule has 6 heteroatoms. The fraction of sp³-hybridized carbons (Fsp3) is 0.375. The van der Waals surface area contributed by atoms with Crippen molar-refractivity contribution in [2.45, 2.75) is 13.0 Å². The molecule has 1 aliphatic rings. The van der Waals surface area contributed by atoms with Gasteiger partial charge in [-0.05, 0) is 30.7 Å². The van der Waals surface area contributed by atoms with E-state index in [1.807, 2.05) is 18.2 Å². The Balaban J connectivity index is 1.48. The number of ether oxygens (including phenoxy) is 1. The van der Waals surface area contributed by atoms with Gasteiger partial charge < -0.3 is 4.74 Å². The summed E-state index contributed by atoms with van der Waals surface area (Å²) in [5.74, 6) is 1.11. The molecule has 1 atom stereocenters. The number of benzene rings is 1. The second kappa shape index (κ2) is 7.27. The van der Waals surface area contributed by atoms with Gasteiger partial charge >= 0.3 is 0 Å². The first-order valence-electron chi connectivity index (χ1n) is 7.26. The molecule has 2 aromatic rings. The summed E-state index contributed by atoms with van der Waals surface area (Å²) >= 11 is 12.0. The first kappa shape index (κ1) is 15.5. The molecule has 3 rings (SSSR count). The second-order valence-corrected chi connectivity index (χ2v) is 6.31. The van der Waals surface area contributed by atoms with Gasteiger partial charge in [0.15, 0.2) is 0 Å². The summed E-state index contributed by atoms with van der Waals surface area (Å²) in [7, 11) is 0. The van der Waals surface area contributed by atoms with Crippen molar-refractivity contribution in [3.63, 3.8) is 0 Å². The molecule has 0 N–H and O–H groups in total. The highest BCUT2D eigenvalue weighted by Crippen LogP contribution is 2.25. The highest BCUT2D eigenvalue weighted by molar-refractivity contribution is 6.42. The van der Waals surface area contributed by atoms with Gasteiger partial charge in [0.2, 0.25) is 5.88 Å². The van der Waals surface area contributed by atoms with Crippen molar-refractivity contribution in [3.05, 3.63) is 52.4 Å². The number of hydrogen-bond donors (Lipinski definition) is 0. The average molecular weight is 338 g/mol. The lowest BCUT2D eigenvalue weighted by Gasteiger charge is -2.16. The number of aromatic nitrogens is 2. The molecule has 22 heavy (non-hydrogen) atoms. The molecular weight excluding hydrogens is 321 g/mol. The number of halogens is 2. The molecule has 1 unspecified atom stereocenters. The summed E-state index contributed by atoms with van der Waals surface area (Å²) < 4.78 is 5.68. The summed E-state index contributed by atoms with van der Waals surface area (Å²) in [4.78, 5) is 10.5. The minimum atomic E-state index is 0.518. The van der Waals surface area contributed by atoms with E-state index in [9.17, 15) is 0 Å². The van der Waals surface area contributed by atoms with Gasteiger partial charge in [-0.25, -0.2) is 4.98 Å². The zero-order valence-electron chi connectivity index (χ0n) is 12.1. The van der Waals surface area contributed by atoms with Gasteiger partial charge in [0, 0.05) is 31.4 Å². The van der Waals surface area contributed by atoms with E-state index in [1.165, 1.54) is 5.56 Å². The molecular formula is C16H17Cl2N3O. The lowest BCUT2D eigenvalue weighted by atomic mass is 10.1. The third kappa shape index (κ3) is 4.09. The van der Waals surface area contributed by atoms with Crippen LogP contribution in [0, 0.1) is 5.92 Å². The summed E-state index contributed by atoms with van der Waals surface area (Å²) in [5.41, 5.74) is 1.19. The van der Waals surface area contributed by atoms with Crippen LogP contribution in [0.5, 0.6) is 5.88 Å². The van der Waals surface area contributed by atoms with Crippen LogP contribution in [-0.4, -0.2) is 34.6 Å². The van der Waals surface area contributed by atoms with Crippen LogP contribution in [-0.2, 0) is 6.54 Å². The Bertz CT molecular complexity index is 624. The molecule has 0 amide bonds. The third-order valence-corrected chi connectivity index (χ3v) is 4.51. The number of rotatable bonds is 5. The van der Waals surface area contributed by atoms with E-state index < -0.39 is 0 Å². The Morgan fingerprint density at radius 3 is 2.91 bits per heavy atom. The van der Waals surface area contributed by atoms with E-state index in [0.717, 1.165) is 26.1 Å². The van der Waals surface area contributed by atoms with Gasteiger partial charge in [0.05, 0.1) is 22.8 Å². The molecule has 0 spiro atoms. The van der Waals surface area contributed by atoms with E-state index in [1.54, 1.807) is 18.6 Å². The third-order valence-electron chi connectivity index (χ3n) is 3.77. The lowest BCUT2D eigenvalue weighted by Crippen LogP contribution is -2.22. The normalized spacial score (nSPS) is 18.5. The first-order chi connectivity index (χ1) is 10.7. The molecule has 116 valence electrons. The van der Waals surface area contributed by atoms with Crippen LogP contribution >= 0.6 is 23.2 Å². The molecule has 1 fully saturated rings. The van der Waals surface area contributed by atoms with Gasteiger partial charge in [0.1, 0.15) is 0 Å². The maximum Gasteiger partial charge on any atom is 0.232 e. The van der Waals surface area contributed by atoms with Gasteiger partial charge in [-0.3, -0.25) is 9.88 Å². The van der Waals surface area contributed by atoms with Gasteiger partial charge in [-0.1, -0.05) is 29.3 Å². The van der Waals surface area contributed by atoms with E-state index >= 15 is 0 Å². The molecule has 1 aromatic heterocycles. The Morgan fingerprint density at radius 2 is 2.14 bits per heavy atom. The van der Waals surface area contributed by atoms with Gasteiger partial charge in [-0.2, -0.15) is 0 Å². The standard InChI is InChI=1S/C16H17Cl2N3O/c17-14-2-1-12(7-15(14)18)9-21-6-3-13(10-21)11-22-16-8-19-4-5-20-16/h1-2,4-5,7-8,13H,3,6,9-11H2. The summed E-state index contributed by atoms with van der Waals surface area (Å²) in [6, 6.07) is 5.81. The highest BCUT2D eigenvalue weighted by Gasteiger charge is 2.23. The van der Waals surface area contributed by atoms with Gasteiger partial charge in [0.25, 0.3) is 0 Å². The SMILES string of the molecule is Clc1ccc(CN2CCC(COc3cnccn3)C2)cc1Cl. The van der Waals surface area contributed by atoms with Crippen LogP contribution in [0.1, 0.15) is 12.0 Å². The molecule has 2 heterocycles. The predicted octanol–water partition coefficient (Wildman–Crippen LogP) is 3.68. The van der Waals surface area contributed by atoms with E-state index in [4.69, 9.17) is 27.9 Å². The van der Waals surface area contributed by atoms with Crippen molar-refractivity contribution >= 4 is 23.2 Å². The van der Waals surface area contributed by atoms with E-state index in [0.29, 0.717) is 28.5 Å². The molecule has 1 aliphatic heterocycles. The minimum absolute atomic E-state index is 0.518. The van der Waals surface area contributed by atoms with Crippen molar-refractivity contribution in [2.24, 2.45) is 5.92 Å². The predicted molar refractivity (Wildman–Crippen MR) is 87.4 cm³/mol. The fourth-order valence-electron chi connectivity index (χ4n) is 2.65. The topological polar surface area (TPSA) is 38.2 Å². The largest absolute Gasteiger partial charge is 0.476 e. The Morgan fingerprint density at radius 1 is 1.23 bits per heavy atom. The summed E-state index contributed by atoms with van der Waals surface area (Å²) in [5, 5.41) is 1.21. The Labute approximate surface area is 140 Å². The molecule has 0 radical (unpaired) electrons. The smallest absolute Gasteiger partial charge is 0.232 e. The molecule has 0 bridgehead atoms. The lowest BCUT2D eigenvalue weighted by molar-refractivity contribution is 0.231. The van der Waals surface area contributed by atoms with E-state index in [-0.39, 0.29) is 0 Å². The maximum atomic E-state index is 6.06. The zero-order chi connectivity index (χ0) is 15.4. The quantitative estimate of drug-likeness (QED) is 0.834. The molecule has 0 saturated carbocycles. The average Bonchev–Trinajstić information content (AvgIpc) is 2.97. The number of nitrogens with zero attached hydrogens (tertiary/aromatic N) is 3. The van der Waals surface area contributed by atoms with Crippen LogP contribution in [0.15, 0.2) is 36.8 Å².